The molecule has 0 bridgehead atoms. The number of rotatable bonds is 5. The van der Waals surface area contributed by atoms with E-state index in [9.17, 15) is 9.59 Å². The predicted octanol–water partition coefficient (Wildman–Crippen LogP) is 0.737. The molecule has 1 aromatic rings. The molecule has 2 aliphatic rings. The van der Waals surface area contributed by atoms with Crippen LogP contribution in [0.1, 0.15) is 44.2 Å². The number of amides is 2. The molecule has 1 aromatic carbocycles. The van der Waals surface area contributed by atoms with Crippen LogP contribution in [0.3, 0.4) is 0 Å². The minimum atomic E-state index is -0.833. The summed E-state index contributed by atoms with van der Waals surface area (Å²) in [6, 6.07) is 4.98. The van der Waals surface area contributed by atoms with Gasteiger partial charge in [-0.3, -0.25) is 14.4 Å². The summed E-state index contributed by atoms with van der Waals surface area (Å²) < 4.78 is 16.2. The molecule has 10 heteroatoms. The third-order valence-electron chi connectivity index (χ3n) is 5.16. The summed E-state index contributed by atoms with van der Waals surface area (Å²) in [5.41, 5.74) is 6.64. The number of benzene rings is 1. The molecule has 2 amide bonds. The molecule has 0 spiro atoms. The summed E-state index contributed by atoms with van der Waals surface area (Å²) in [5, 5.41) is 13.3. The Bertz CT molecular complexity index is 774. The second kappa shape index (κ2) is 11.5. The number of carbonyl (C=O) groups excluding carboxylic acids is 2. The number of hydrogen-bond donors (Lipinski definition) is 4. The summed E-state index contributed by atoms with van der Waals surface area (Å²) in [7, 11) is 3.09. The molecular formula is C21H31N3O7. The van der Waals surface area contributed by atoms with Gasteiger partial charge in [-0.15, -0.1) is 0 Å². The molecule has 31 heavy (non-hydrogen) atoms. The number of morpholine rings is 1. The molecule has 2 fully saturated rings. The van der Waals surface area contributed by atoms with Gasteiger partial charge < -0.3 is 35.7 Å². The van der Waals surface area contributed by atoms with Crippen molar-refractivity contribution in [2.24, 2.45) is 5.73 Å². The third kappa shape index (κ3) is 7.11. The second-order valence-corrected chi connectivity index (χ2v) is 7.53. The molecule has 5 N–H and O–H groups in total. The summed E-state index contributed by atoms with van der Waals surface area (Å²) in [6.45, 7) is 0.942. The van der Waals surface area contributed by atoms with Crippen molar-refractivity contribution < 1.29 is 33.7 Å². The van der Waals surface area contributed by atoms with Crippen molar-refractivity contribution in [2.75, 3.05) is 20.8 Å². The number of nitrogens with one attached hydrogen (secondary N) is 2. The third-order valence-corrected chi connectivity index (χ3v) is 5.16. The molecule has 1 heterocycles. The highest BCUT2D eigenvalue weighted by atomic mass is 16.5. The van der Waals surface area contributed by atoms with E-state index in [4.69, 9.17) is 29.8 Å². The van der Waals surface area contributed by atoms with Gasteiger partial charge in [0.05, 0.1) is 20.3 Å². The van der Waals surface area contributed by atoms with Crippen LogP contribution in [0, 0.1) is 0 Å². The van der Waals surface area contributed by atoms with E-state index in [1.165, 1.54) is 7.11 Å². The van der Waals surface area contributed by atoms with Crippen LogP contribution < -0.4 is 25.8 Å². The number of methoxy groups -OCH3 is 2. The number of aliphatic carboxylic acids is 1. The fraction of sp³-hybridized carbons (Fsp3) is 0.571. The van der Waals surface area contributed by atoms with Gasteiger partial charge in [0.2, 0.25) is 5.91 Å². The van der Waals surface area contributed by atoms with Crippen LogP contribution in [0.4, 0.5) is 0 Å². The molecule has 0 radical (unpaired) electrons. The first-order chi connectivity index (χ1) is 14.7. The molecule has 172 valence electrons. The first-order valence-electron chi connectivity index (χ1n) is 10.1. The average Bonchev–Trinajstić information content (AvgIpc) is 2.74. The number of hydrogen-bond acceptors (Lipinski definition) is 7. The molecular weight excluding hydrogens is 406 g/mol. The van der Waals surface area contributed by atoms with Crippen molar-refractivity contribution in [3.8, 4) is 11.5 Å². The molecule has 10 nitrogen and oxygen atoms in total. The van der Waals surface area contributed by atoms with Crippen LogP contribution >= 0.6 is 0 Å². The fourth-order valence-electron chi connectivity index (χ4n) is 3.63. The zero-order chi connectivity index (χ0) is 23.0. The van der Waals surface area contributed by atoms with Gasteiger partial charge in [0.1, 0.15) is 6.61 Å². The number of nitrogens with two attached hydrogens (primary N) is 1. The van der Waals surface area contributed by atoms with Crippen molar-refractivity contribution in [1.82, 2.24) is 10.6 Å². The van der Waals surface area contributed by atoms with E-state index < -0.39 is 18.1 Å². The first kappa shape index (κ1) is 24.4. The number of carbonyl (C=O) groups is 3. The lowest BCUT2D eigenvalue weighted by Gasteiger charge is -2.34. The van der Waals surface area contributed by atoms with E-state index in [2.05, 4.69) is 10.6 Å². The standard InChI is InChI=1S/C19H27N3O5.C2H4O2/c1-25-14-8-3-11(9-15(14)26-2)17-18(27-10-16(23)22-17)19(24)21-13-6-4-12(20)5-7-13;1-2(3)4/h3,8-9,12-13,17-18H,4-7,10,20H2,1-2H3,(H,21,24)(H,22,23);1H3,(H,3,4)/t12?,13?,17-,18+;/m1./s1. The molecule has 2 atom stereocenters. The second-order valence-electron chi connectivity index (χ2n) is 7.53. The lowest BCUT2D eigenvalue weighted by atomic mass is 9.91. The van der Waals surface area contributed by atoms with Gasteiger partial charge >= 0.3 is 0 Å². The van der Waals surface area contributed by atoms with E-state index >= 15 is 0 Å². The number of carboxylic acids is 1. The van der Waals surface area contributed by atoms with E-state index in [1.807, 2.05) is 0 Å². The van der Waals surface area contributed by atoms with E-state index in [1.54, 1.807) is 25.3 Å². The highest BCUT2D eigenvalue weighted by Crippen LogP contribution is 2.32. The molecule has 1 saturated heterocycles. The SMILES string of the molecule is CC(=O)O.COc1ccc([C@H]2NC(=O)CO[C@@H]2C(=O)NC2CCC(N)CC2)cc1OC. The van der Waals surface area contributed by atoms with Crippen molar-refractivity contribution in [2.45, 2.75) is 56.8 Å². The van der Waals surface area contributed by atoms with Gasteiger partial charge in [-0.2, -0.15) is 0 Å². The summed E-state index contributed by atoms with van der Waals surface area (Å²) in [6.07, 6.45) is 2.69. The van der Waals surface area contributed by atoms with Crippen molar-refractivity contribution in [1.29, 1.82) is 0 Å². The molecule has 3 rings (SSSR count). The summed E-state index contributed by atoms with van der Waals surface area (Å²) in [4.78, 5) is 33.7. The van der Waals surface area contributed by atoms with Gasteiger partial charge in [-0.05, 0) is 43.4 Å². The van der Waals surface area contributed by atoms with Crippen LogP contribution in [-0.4, -0.2) is 61.9 Å². The van der Waals surface area contributed by atoms with Crippen molar-refractivity contribution in [3.63, 3.8) is 0 Å². The Balaban J connectivity index is 0.000000785. The Hall–Kier alpha value is -2.85. The maximum Gasteiger partial charge on any atom is 0.300 e. The highest BCUT2D eigenvalue weighted by molar-refractivity contribution is 5.86. The van der Waals surface area contributed by atoms with Gasteiger partial charge in [0.25, 0.3) is 11.9 Å². The summed E-state index contributed by atoms with van der Waals surface area (Å²) >= 11 is 0. The van der Waals surface area contributed by atoms with Crippen LogP contribution in [0.2, 0.25) is 0 Å². The Morgan fingerprint density at radius 1 is 1.16 bits per heavy atom. The Labute approximate surface area is 181 Å². The lowest BCUT2D eigenvalue weighted by molar-refractivity contribution is -0.148. The topological polar surface area (TPSA) is 149 Å². The van der Waals surface area contributed by atoms with Gasteiger partial charge in [-0.1, -0.05) is 6.07 Å². The zero-order valence-electron chi connectivity index (χ0n) is 18.1. The minimum absolute atomic E-state index is 0.0876. The quantitative estimate of drug-likeness (QED) is 0.527. The maximum atomic E-state index is 12.8. The number of ether oxygens (including phenoxy) is 3. The average molecular weight is 437 g/mol. The van der Waals surface area contributed by atoms with Crippen LogP contribution in [0.15, 0.2) is 18.2 Å². The summed E-state index contributed by atoms with van der Waals surface area (Å²) in [5.74, 6) is -0.225. The normalized spacial score (nSPS) is 25.4. The predicted molar refractivity (Wildman–Crippen MR) is 112 cm³/mol. The van der Waals surface area contributed by atoms with E-state index in [0.29, 0.717) is 17.1 Å². The van der Waals surface area contributed by atoms with Crippen molar-refractivity contribution in [3.05, 3.63) is 23.8 Å². The molecule has 1 saturated carbocycles. The lowest BCUT2D eigenvalue weighted by Crippen LogP contribution is -2.54. The monoisotopic (exact) mass is 437 g/mol. The molecule has 0 unspecified atom stereocenters. The van der Waals surface area contributed by atoms with Gasteiger partial charge in [0, 0.05) is 19.0 Å². The molecule has 1 aliphatic carbocycles. The highest BCUT2D eigenvalue weighted by Gasteiger charge is 2.37. The maximum absolute atomic E-state index is 12.8. The zero-order valence-corrected chi connectivity index (χ0v) is 18.1. The molecule has 0 aromatic heterocycles. The largest absolute Gasteiger partial charge is 0.493 e. The number of carboxylic acid groups (broad SMARTS) is 1. The van der Waals surface area contributed by atoms with Crippen LogP contribution in [0.5, 0.6) is 11.5 Å². The van der Waals surface area contributed by atoms with Crippen LogP contribution in [0.25, 0.3) is 0 Å². The van der Waals surface area contributed by atoms with Crippen LogP contribution in [-0.2, 0) is 19.1 Å². The van der Waals surface area contributed by atoms with Crippen molar-refractivity contribution >= 4 is 17.8 Å². The fourth-order valence-corrected chi connectivity index (χ4v) is 3.63. The Kier molecular flexibility index (Phi) is 9.07. The molecule has 1 aliphatic heterocycles. The minimum Gasteiger partial charge on any atom is -0.493 e. The Morgan fingerprint density at radius 3 is 2.35 bits per heavy atom. The Morgan fingerprint density at radius 2 is 1.77 bits per heavy atom. The smallest absolute Gasteiger partial charge is 0.300 e. The van der Waals surface area contributed by atoms with E-state index in [0.717, 1.165) is 32.6 Å². The van der Waals surface area contributed by atoms with Gasteiger partial charge in [-0.25, -0.2) is 0 Å². The van der Waals surface area contributed by atoms with E-state index in [-0.39, 0.29) is 30.5 Å². The first-order valence-corrected chi connectivity index (χ1v) is 10.1. The van der Waals surface area contributed by atoms with Gasteiger partial charge in [0.15, 0.2) is 17.6 Å².